The van der Waals surface area contributed by atoms with Crippen molar-refractivity contribution >= 4 is 0 Å². The number of hydrogen-bond acceptors (Lipinski definition) is 0. The number of benzene rings is 1. The minimum absolute atomic E-state index is 0.350. The molecule has 0 saturated carbocycles. The van der Waals surface area contributed by atoms with Crippen molar-refractivity contribution in [1.82, 2.24) is 0 Å². The van der Waals surface area contributed by atoms with Gasteiger partial charge in [0.25, 0.3) is 0 Å². The van der Waals surface area contributed by atoms with Gasteiger partial charge in [0.15, 0.2) is 0 Å². The van der Waals surface area contributed by atoms with Crippen LogP contribution in [-0.2, 0) is 26.4 Å². The van der Waals surface area contributed by atoms with Crippen molar-refractivity contribution in [3.05, 3.63) is 34.4 Å². The van der Waals surface area contributed by atoms with Gasteiger partial charge in [-0.05, 0) is 28.7 Å². The second kappa shape index (κ2) is 5.03. The number of alkyl halides is 3. The molecule has 14 heavy (non-hydrogen) atoms. The Labute approximate surface area is 81.8 Å². The minimum atomic E-state index is -0.677. The van der Waals surface area contributed by atoms with Gasteiger partial charge in [-0.2, -0.15) is 0 Å². The Morgan fingerprint density at radius 1 is 0.929 bits per heavy atom. The van der Waals surface area contributed by atoms with E-state index in [0.717, 1.165) is 0 Å². The standard InChI is InChI=1S/C11H13F3/c1-2-11-9(6-13)3-8(5-12)4-10(11)7-14/h3-4H,2,5-7H2,1H3. The van der Waals surface area contributed by atoms with Crippen molar-refractivity contribution in [3.8, 4) is 0 Å². The molecule has 0 bridgehead atoms. The molecular formula is C11H13F3. The molecule has 0 fully saturated rings. The second-order valence-electron chi connectivity index (χ2n) is 3.15. The molecule has 0 aliphatic carbocycles. The normalized spacial score (nSPS) is 10.6. The molecule has 78 valence electrons. The average Bonchev–Trinajstić information content (AvgIpc) is 2.26. The highest BCUT2D eigenvalue weighted by molar-refractivity contribution is 5.38. The van der Waals surface area contributed by atoms with Gasteiger partial charge < -0.3 is 0 Å². The van der Waals surface area contributed by atoms with Gasteiger partial charge in [0, 0.05) is 0 Å². The van der Waals surface area contributed by atoms with Gasteiger partial charge in [0.2, 0.25) is 0 Å². The Morgan fingerprint density at radius 2 is 1.43 bits per heavy atom. The van der Waals surface area contributed by atoms with Gasteiger partial charge >= 0.3 is 0 Å². The molecule has 0 aliphatic rings. The predicted molar refractivity (Wildman–Crippen MR) is 50.3 cm³/mol. The highest BCUT2D eigenvalue weighted by Gasteiger charge is 2.09. The monoisotopic (exact) mass is 202 g/mol. The van der Waals surface area contributed by atoms with E-state index in [4.69, 9.17) is 0 Å². The van der Waals surface area contributed by atoms with Crippen LogP contribution in [0.2, 0.25) is 0 Å². The molecule has 0 radical (unpaired) electrons. The largest absolute Gasteiger partial charge is 0.246 e. The zero-order valence-corrected chi connectivity index (χ0v) is 8.12. The molecule has 1 aromatic carbocycles. The summed E-state index contributed by atoms with van der Waals surface area (Å²) < 4.78 is 37.5. The van der Waals surface area contributed by atoms with E-state index in [9.17, 15) is 13.2 Å². The number of rotatable bonds is 4. The molecule has 0 atom stereocenters. The summed E-state index contributed by atoms with van der Waals surface area (Å²) in [6, 6.07) is 2.94. The summed E-state index contributed by atoms with van der Waals surface area (Å²) in [7, 11) is 0. The molecule has 1 aromatic rings. The van der Waals surface area contributed by atoms with E-state index in [1.54, 1.807) is 0 Å². The van der Waals surface area contributed by atoms with Crippen molar-refractivity contribution in [2.24, 2.45) is 0 Å². The maximum atomic E-state index is 12.6. The van der Waals surface area contributed by atoms with Gasteiger partial charge in [-0.3, -0.25) is 0 Å². The summed E-state index contributed by atoms with van der Waals surface area (Å²) in [5.74, 6) is 0. The Bertz CT molecular complexity index is 282. The van der Waals surface area contributed by atoms with E-state index in [-0.39, 0.29) is 0 Å². The Morgan fingerprint density at radius 3 is 1.71 bits per heavy atom. The van der Waals surface area contributed by atoms with E-state index in [1.165, 1.54) is 12.1 Å². The van der Waals surface area contributed by atoms with Crippen LogP contribution in [0.3, 0.4) is 0 Å². The van der Waals surface area contributed by atoms with Gasteiger partial charge in [0.05, 0.1) is 0 Å². The van der Waals surface area contributed by atoms with Crippen LogP contribution in [-0.4, -0.2) is 0 Å². The lowest BCUT2D eigenvalue weighted by Crippen LogP contribution is -1.99. The fourth-order valence-corrected chi connectivity index (χ4v) is 1.64. The third-order valence-electron chi connectivity index (χ3n) is 2.29. The highest BCUT2D eigenvalue weighted by atomic mass is 19.1. The third kappa shape index (κ3) is 2.08. The molecule has 3 heteroatoms. The molecule has 0 heterocycles. The van der Waals surface area contributed by atoms with Crippen LogP contribution >= 0.6 is 0 Å². The van der Waals surface area contributed by atoms with Gasteiger partial charge in [-0.1, -0.05) is 19.1 Å². The molecular weight excluding hydrogens is 189 g/mol. The first kappa shape index (κ1) is 11.1. The summed E-state index contributed by atoms with van der Waals surface area (Å²) in [6.07, 6.45) is 0.574. The summed E-state index contributed by atoms with van der Waals surface area (Å²) in [5, 5.41) is 0. The molecule has 0 amide bonds. The topological polar surface area (TPSA) is 0 Å². The van der Waals surface area contributed by atoms with Crippen LogP contribution in [0.15, 0.2) is 12.1 Å². The van der Waals surface area contributed by atoms with Crippen molar-refractivity contribution in [2.75, 3.05) is 0 Å². The van der Waals surface area contributed by atoms with Gasteiger partial charge in [-0.25, -0.2) is 13.2 Å². The first-order chi connectivity index (χ1) is 6.76. The van der Waals surface area contributed by atoms with Gasteiger partial charge in [-0.15, -0.1) is 0 Å². The van der Waals surface area contributed by atoms with Crippen molar-refractivity contribution < 1.29 is 13.2 Å². The molecule has 0 spiro atoms. The van der Waals surface area contributed by atoms with Crippen LogP contribution in [0.25, 0.3) is 0 Å². The van der Waals surface area contributed by atoms with Crippen LogP contribution < -0.4 is 0 Å². The Hall–Kier alpha value is -0.990. The fraction of sp³-hybridized carbons (Fsp3) is 0.455. The van der Waals surface area contributed by atoms with E-state index in [2.05, 4.69) is 0 Å². The summed E-state index contributed by atoms with van der Waals surface area (Å²) in [5.41, 5.74) is 1.85. The Kier molecular flexibility index (Phi) is 3.98. The Balaban J connectivity index is 3.24. The summed E-state index contributed by atoms with van der Waals surface area (Å²) in [6.45, 7) is -0.166. The lowest BCUT2D eigenvalue weighted by Gasteiger charge is -2.10. The average molecular weight is 202 g/mol. The van der Waals surface area contributed by atoms with E-state index in [1.807, 2.05) is 6.92 Å². The van der Waals surface area contributed by atoms with Gasteiger partial charge in [0.1, 0.15) is 20.0 Å². The lowest BCUT2D eigenvalue weighted by atomic mass is 9.97. The first-order valence-corrected chi connectivity index (χ1v) is 4.58. The molecule has 0 unspecified atom stereocenters. The van der Waals surface area contributed by atoms with Crippen LogP contribution in [0.4, 0.5) is 13.2 Å². The van der Waals surface area contributed by atoms with Crippen molar-refractivity contribution in [3.63, 3.8) is 0 Å². The maximum Gasteiger partial charge on any atom is 0.115 e. The van der Waals surface area contributed by atoms with Crippen LogP contribution in [0, 0.1) is 0 Å². The minimum Gasteiger partial charge on any atom is -0.246 e. The molecule has 1 rings (SSSR count). The lowest BCUT2D eigenvalue weighted by molar-refractivity contribution is 0.461. The number of hydrogen-bond donors (Lipinski definition) is 0. The molecule has 0 aliphatic heterocycles. The maximum absolute atomic E-state index is 12.6. The zero-order valence-electron chi connectivity index (χ0n) is 8.12. The highest BCUT2D eigenvalue weighted by Crippen LogP contribution is 2.21. The van der Waals surface area contributed by atoms with E-state index >= 15 is 0 Å². The summed E-state index contributed by atoms with van der Waals surface area (Å²) >= 11 is 0. The predicted octanol–water partition coefficient (Wildman–Crippen LogP) is 3.66. The zero-order chi connectivity index (χ0) is 10.6. The fourth-order valence-electron chi connectivity index (χ4n) is 1.64. The van der Waals surface area contributed by atoms with E-state index in [0.29, 0.717) is 28.7 Å². The SMILES string of the molecule is CCc1c(CF)cc(CF)cc1CF. The smallest absolute Gasteiger partial charge is 0.115 e. The molecule has 0 saturated heterocycles. The number of halogens is 3. The molecule has 0 N–H and O–H groups in total. The quantitative estimate of drug-likeness (QED) is 0.699. The van der Waals surface area contributed by atoms with Crippen molar-refractivity contribution in [2.45, 2.75) is 33.4 Å². The van der Waals surface area contributed by atoms with E-state index < -0.39 is 20.0 Å². The molecule has 0 nitrogen and oxygen atoms in total. The van der Waals surface area contributed by atoms with Crippen molar-refractivity contribution in [1.29, 1.82) is 0 Å². The first-order valence-electron chi connectivity index (χ1n) is 4.58. The second-order valence-corrected chi connectivity index (χ2v) is 3.15. The molecule has 0 aromatic heterocycles. The third-order valence-corrected chi connectivity index (χ3v) is 2.29. The van der Waals surface area contributed by atoms with Crippen LogP contribution in [0.5, 0.6) is 0 Å². The summed E-state index contributed by atoms with van der Waals surface area (Å²) in [4.78, 5) is 0. The van der Waals surface area contributed by atoms with Crippen LogP contribution in [0.1, 0.15) is 29.2 Å².